The molecule has 1 saturated carbocycles. The zero-order valence-electron chi connectivity index (χ0n) is 12.3. The van der Waals surface area contributed by atoms with E-state index in [0.29, 0.717) is 17.5 Å². The highest BCUT2D eigenvalue weighted by Gasteiger charge is 2.47. The highest BCUT2D eigenvalue weighted by molar-refractivity contribution is 5.89. The summed E-state index contributed by atoms with van der Waals surface area (Å²) in [6, 6.07) is 7.55. The standard InChI is InChI=1S/C16H20N2O3/c1-9(10-3-5-11(6-4-10)16(20)21-2)17-15(19)14-8-12-7-13(12)18-14/h3-6,9,12-14,18H,7-8H2,1-2H3,(H,17,19)/t9-,12?,13?,14+/m0/s1. The van der Waals surface area contributed by atoms with E-state index in [0.717, 1.165) is 12.0 Å². The molecule has 1 saturated heterocycles. The number of amides is 1. The van der Waals surface area contributed by atoms with Crippen LogP contribution in [0.15, 0.2) is 24.3 Å². The minimum Gasteiger partial charge on any atom is -0.465 e. The molecule has 5 heteroatoms. The molecule has 3 rings (SSSR count). The van der Waals surface area contributed by atoms with Crippen molar-refractivity contribution < 1.29 is 14.3 Å². The third kappa shape index (κ3) is 2.93. The van der Waals surface area contributed by atoms with Crippen molar-refractivity contribution >= 4 is 11.9 Å². The van der Waals surface area contributed by atoms with E-state index in [9.17, 15) is 9.59 Å². The van der Waals surface area contributed by atoms with Crippen LogP contribution in [0.3, 0.4) is 0 Å². The molecule has 1 amide bonds. The Bertz CT molecular complexity index is 545. The van der Waals surface area contributed by atoms with Crippen molar-refractivity contribution in [1.29, 1.82) is 0 Å². The van der Waals surface area contributed by atoms with Crippen LogP contribution in [0.5, 0.6) is 0 Å². The summed E-state index contributed by atoms with van der Waals surface area (Å²) in [4.78, 5) is 23.5. The zero-order chi connectivity index (χ0) is 15.0. The number of fused-ring (bicyclic) bond motifs is 1. The predicted molar refractivity (Wildman–Crippen MR) is 77.8 cm³/mol. The second-order valence-electron chi connectivity index (χ2n) is 5.90. The van der Waals surface area contributed by atoms with Gasteiger partial charge in [-0.1, -0.05) is 12.1 Å². The largest absolute Gasteiger partial charge is 0.465 e. The molecule has 0 spiro atoms. The van der Waals surface area contributed by atoms with Gasteiger partial charge in [-0.3, -0.25) is 4.79 Å². The van der Waals surface area contributed by atoms with E-state index in [2.05, 4.69) is 15.4 Å². The topological polar surface area (TPSA) is 67.4 Å². The van der Waals surface area contributed by atoms with Gasteiger partial charge in [-0.25, -0.2) is 4.79 Å². The van der Waals surface area contributed by atoms with E-state index in [1.807, 2.05) is 19.1 Å². The Morgan fingerprint density at radius 3 is 2.57 bits per heavy atom. The molecular weight excluding hydrogens is 268 g/mol. The van der Waals surface area contributed by atoms with Crippen molar-refractivity contribution in [2.45, 2.75) is 37.9 Å². The van der Waals surface area contributed by atoms with Crippen LogP contribution in [-0.4, -0.2) is 31.1 Å². The average Bonchev–Trinajstić information content (AvgIpc) is 3.12. The monoisotopic (exact) mass is 288 g/mol. The fraction of sp³-hybridized carbons (Fsp3) is 0.500. The number of hydrogen-bond acceptors (Lipinski definition) is 4. The third-order valence-corrected chi connectivity index (χ3v) is 4.38. The fourth-order valence-electron chi connectivity index (χ4n) is 2.95. The lowest BCUT2D eigenvalue weighted by Gasteiger charge is -2.19. The molecule has 1 aliphatic heterocycles. The number of methoxy groups -OCH3 is 1. The number of nitrogens with one attached hydrogen (secondary N) is 2. The molecule has 1 aromatic carbocycles. The first-order valence-electron chi connectivity index (χ1n) is 7.33. The second-order valence-corrected chi connectivity index (χ2v) is 5.90. The molecule has 1 aliphatic carbocycles. The highest BCUT2D eigenvalue weighted by atomic mass is 16.5. The predicted octanol–water partition coefficient (Wildman–Crippen LogP) is 1.40. The van der Waals surface area contributed by atoms with E-state index in [1.165, 1.54) is 13.5 Å². The van der Waals surface area contributed by atoms with Crippen molar-refractivity contribution in [2.75, 3.05) is 7.11 Å². The maximum absolute atomic E-state index is 12.2. The van der Waals surface area contributed by atoms with Gasteiger partial charge in [0.25, 0.3) is 0 Å². The first kappa shape index (κ1) is 14.1. The van der Waals surface area contributed by atoms with Crippen LogP contribution in [0, 0.1) is 5.92 Å². The van der Waals surface area contributed by atoms with Crippen LogP contribution in [0.25, 0.3) is 0 Å². The van der Waals surface area contributed by atoms with E-state index in [-0.39, 0.29) is 24.0 Å². The van der Waals surface area contributed by atoms with Gasteiger partial charge in [0, 0.05) is 6.04 Å². The molecule has 4 atom stereocenters. The molecule has 5 nitrogen and oxygen atoms in total. The van der Waals surface area contributed by atoms with Crippen molar-refractivity contribution in [3.05, 3.63) is 35.4 Å². The molecule has 2 N–H and O–H groups in total. The Kier molecular flexibility index (Phi) is 3.68. The molecule has 21 heavy (non-hydrogen) atoms. The second kappa shape index (κ2) is 5.48. The number of rotatable bonds is 4. The van der Waals surface area contributed by atoms with Crippen LogP contribution in [0.4, 0.5) is 0 Å². The molecule has 0 bridgehead atoms. The minimum absolute atomic E-state index is 0.0504. The van der Waals surface area contributed by atoms with E-state index < -0.39 is 0 Å². The van der Waals surface area contributed by atoms with Gasteiger partial charge in [-0.05, 0) is 43.4 Å². The summed E-state index contributed by atoms with van der Waals surface area (Å²) in [5.74, 6) is 0.412. The normalized spacial score (nSPS) is 27.6. The lowest BCUT2D eigenvalue weighted by atomic mass is 10.1. The lowest BCUT2D eigenvalue weighted by Crippen LogP contribution is -2.43. The molecule has 1 aromatic rings. The molecule has 112 valence electrons. The SMILES string of the molecule is COC(=O)c1ccc([C@H](C)NC(=O)[C@H]2CC3CC3N2)cc1. The third-order valence-electron chi connectivity index (χ3n) is 4.38. The summed E-state index contributed by atoms with van der Waals surface area (Å²) in [7, 11) is 1.36. The van der Waals surface area contributed by atoms with Gasteiger partial charge in [0.15, 0.2) is 0 Å². The van der Waals surface area contributed by atoms with E-state index in [4.69, 9.17) is 0 Å². The number of piperidine rings is 1. The highest BCUT2D eigenvalue weighted by Crippen LogP contribution is 2.40. The van der Waals surface area contributed by atoms with Crippen molar-refractivity contribution in [3.63, 3.8) is 0 Å². The Labute approximate surface area is 124 Å². The van der Waals surface area contributed by atoms with Crippen molar-refractivity contribution in [2.24, 2.45) is 5.92 Å². The number of ether oxygens (including phenoxy) is 1. The molecule has 0 radical (unpaired) electrons. The summed E-state index contributed by atoms with van der Waals surface area (Å²) in [6.45, 7) is 1.95. The van der Waals surface area contributed by atoms with Crippen molar-refractivity contribution in [1.82, 2.24) is 10.6 Å². The number of hydrogen-bond donors (Lipinski definition) is 2. The Hall–Kier alpha value is -1.88. The Morgan fingerprint density at radius 1 is 1.29 bits per heavy atom. The first-order chi connectivity index (χ1) is 10.1. The zero-order valence-corrected chi connectivity index (χ0v) is 12.3. The van der Waals surface area contributed by atoms with Crippen molar-refractivity contribution in [3.8, 4) is 0 Å². The van der Waals surface area contributed by atoms with E-state index in [1.54, 1.807) is 12.1 Å². The summed E-state index contributed by atoms with van der Waals surface area (Å²) in [6.07, 6.45) is 2.17. The summed E-state index contributed by atoms with van der Waals surface area (Å²) in [5.41, 5.74) is 1.48. The Balaban J connectivity index is 1.58. The minimum atomic E-state index is -0.354. The van der Waals surface area contributed by atoms with Gasteiger partial charge in [-0.15, -0.1) is 0 Å². The van der Waals surface area contributed by atoms with Crippen LogP contribution < -0.4 is 10.6 Å². The summed E-state index contributed by atoms with van der Waals surface area (Å²) >= 11 is 0. The van der Waals surface area contributed by atoms with Gasteiger partial charge >= 0.3 is 5.97 Å². The summed E-state index contributed by atoms with van der Waals surface area (Å²) in [5, 5.41) is 6.37. The molecule has 1 heterocycles. The molecule has 2 unspecified atom stereocenters. The van der Waals surface area contributed by atoms with Gasteiger partial charge in [0.1, 0.15) is 0 Å². The van der Waals surface area contributed by atoms with E-state index >= 15 is 0 Å². The fourth-order valence-corrected chi connectivity index (χ4v) is 2.95. The number of benzene rings is 1. The van der Waals surface area contributed by atoms with Crippen LogP contribution in [0.1, 0.15) is 41.7 Å². The molecule has 0 aromatic heterocycles. The van der Waals surface area contributed by atoms with Gasteiger partial charge in [0.2, 0.25) is 5.91 Å². The van der Waals surface area contributed by atoms with Crippen LogP contribution >= 0.6 is 0 Å². The molecule has 2 fully saturated rings. The maximum atomic E-state index is 12.2. The lowest BCUT2D eigenvalue weighted by molar-refractivity contribution is -0.123. The number of carbonyl (C=O) groups is 2. The van der Waals surface area contributed by atoms with Crippen LogP contribution in [0.2, 0.25) is 0 Å². The Morgan fingerprint density at radius 2 is 2.00 bits per heavy atom. The smallest absolute Gasteiger partial charge is 0.337 e. The molecular formula is C16H20N2O3. The first-order valence-corrected chi connectivity index (χ1v) is 7.33. The van der Waals surface area contributed by atoms with Gasteiger partial charge in [-0.2, -0.15) is 0 Å². The van der Waals surface area contributed by atoms with Gasteiger partial charge < -0.3 is 15.4 Å². The number of esters is 1. The number of carbonyl (C=O) groups excluding carboxylic acids is 2. The summed E-state index contributed by atoms with van der Waals surface area (Å²) < 4.78 is 4.67. The van der Waals surface area contributed by atoms with Gasteiger partial charge in [0.05, 0.1) is 24.8 Å². The quantitative estimate of drug-likeness (QED) is 0.822. The van der Waals surface area contributed by atoms with Crippen LogP contribution in [-0.2, 0) is 9.53 Å². The maximum Gasteiger partial charge on any atom is 0.337 e. The average molecular weight is 288 g/mol. The molecule has 2 aliphatic rings.